The molecule has 2 heteroatoms. The molecular formula is C11H16O2. The predicted octanol–water partition coefficient (Wildman–Crippen LogP) is 2.27. The Hall–Kier alpha value is -0.600. The maximum atomic E-state index is 5.42. The van der Waals surface area contributed by atoms with Crippen LogP contribution in [0.25, 0.3) is 0 Å². The summed E-state index contributed by atoms with van der Waals surface area (Å²) < 4.78 is 10.8. The Kier molecular flexibility index (Phi) is 2.51. The molecule has 0 aromatic rings. The van der Waals surface area contributed by atoms with Crippen LogP contribution in [0.15, 0.2) is 23.8 Å². The summed E-state index contributed by atoms with van der Waals surface area (Å²) in [6.45, 7) is 4.89. The van der Waals surface area contributed by atoms with Gasteiger partial charge in [-0.25, -0.2) is 0 Å². The number of ether oxygens (including phenoxy) is 2. The fraction of sp³-hybridized carbons (Fsp3) is 0.636. The fourth-order valence-electron chi connectivity index (χ4n) is 1.79. The van der Waals surface area contributed by atoms with Crippen LogP contribution in [-0.2, 0) is 9.47 Å². The van der Waals surface area contributed by atoms with Crippen molar-refractivity contribution in [2.45, 2.75) is 32.5 Å². The van der Waals surface area contributed by atoms with E-state index in [0.717, 1.165) is 6.42 Å². The molecule has 0 N–H and O–H groups in total. The Bertz CT molecular complexity index is 240. The molecule has 0 aromatic carbocycles. The van der Waals surface area contributed by atoms with Crippen molar-refractivity contribution in [3.05, 3.63) is 23.8 Å². The Morgan fingerprint density at radius 3 is 2.92 bits per heavy atom. The van der Waals surface area contributed by atoms with E-state index >= 15 is 0 Å². The second-order valence-corrected chi connectivity index (χ2v) is 4.08. The van der Waals surface area contributed by atoms with Gasteiger partial charge in [0.05, 0.1) is 0 Å². The lowest BCUT2D eigenvalue weighted by molar-refractivity contribution is 0.0503. The Morgan fingerprint density at radius 1 is 1.38 bits per heavy atom. The molecule has 13 heavy (non-hydrogen) atoms. The average Bonchev–Trinajstić information content (AvgIpc) is 2.49. The summed E-state index contributed by atoms with van der Waals surface area (Å²) in [7, 11) is 0. The van der Waals surface area contributed by atoms with E-state index in [0.29, 0.717) is 12.7 Å². The van der Waals surface area contributed by atoms with E-state index in [1.807, 2.05) is 0 Å². The molecule has 0 radical (unpaired) electrons. The first-order valence-electron chi connectivity index (χ1n) is 4.88. The van der Waals surface area contributed by atoms with E-state index in [2.05, 4.69) is 32.1 Å². The molecule has 0 aromatic heterocycles. The summed E-state index contributed by atoms with van der Waals surface area (Å²) in [6, 6.07) is 0. The molecule has 1 saturated heterocycles. The minimum atomic E-state index is 0.163. The topological polar surface area (TPSA) is 18.5 Å². The summed E-state index contributed by atoms with van der Waals surface area (Å²) in [6.07, 6.45) is 7.92. The molecule has 2 nitrogen and oxygen atoms in total. The molecule has 2 unspecified atom stereocenters. The van der Waals surface area contributed by atoms with Crippen molar-refractivity contribution in [3.8, 4) is 0 Å². The molecule has 72 valence electrons. The minimum absolute atomic E-state index is 0.163. The van der Waals surface area contributed by atoms with Gasteiger partial charge in [0, 0.05) is 0 Å². The summed E-state index contributed by atoms with van der Waals surface area (Å²) in [5, 5.41) is 0. The first-order chi connectivity index (χ1) is 6.25. The van der Waals surface area contributed by atoms with Crippen molar-refractivity contribution in [2.75, 3.05) is 6.79 Å². The average molecular weight is 180 g/mol. The van der Waals surface area contributed by atoms with Crippen molar-refractivity contribution in [1.29, 1.82) is 0 Å². The van der Waals surface area contributed by atoms with E-state index in [4.69, 9.17) is 9.47 Å². The predicted molar refractivity (Wildman–Crippen MR) is 51.3 cm³/mol. The second-order valence-electron chi connectivity index (χ2n) is 4.08. The van der Waals surface area contributed by atoms with Crippen LogP contribution in [0.2, 0.25) is 0 Å². The van der Waals surface area contributed by atoms with Gasteiger partial charge < -0.3 is 9.47 Å². The van der Waals surface area contributed by atoms with Gasteiger partial charge in [-0.2, -0.15) is 0 Å². The Balaban J connectivity index is 2.02. The van der Waals surface area contributed by atoms with Crippen LogP contribution in [-0.4, -0.2) is 19.0 Å². The third-order valence-electron chi connectivity index (χ3n) is 2.37. The van der Waals surface area contributed by atoms with Gasteiger partial charge in [-0.3, -0.25) is 0 Å². The van der Waals surface area contributed by atoms with E-state index < -0.39 is 0 Å². The molecule has 1 aliphatic carbocycles. The maximum Gasteiger partial charge on any atom is 0.148 e. The van der Waals surface area contributed by atoms with Crippen LogP contribution in [0.4, 0.5) is 0 Å². The third-order valence-corrected chi connectivity index (χ3v) is 2.37. The lowest BCUT2D eigenvalue weighted by atomic mass is 9.95. The number of hydrogen-bond donors (Lipinski definition) is 0. The molecule has 0 spiro atoms. The van der Waals surface area contributed by atoms with Crippen molar-refractivity contribution in [2.24, 2.45) is 5.92 Å². The van der Waals surface area contributed by atoms with Gasteiger partial charge in [-0.05, 0) is 24.0 Å². The van der Waals surface area contributed by atoms with Crippen molar-refractivity contribution < 1.29 is 9.47 Å². The van der Waals surface area contributed by atoms with Crippen LogP contribution in [0, 0.1) is 5.92 Å². The molecule has 0 bridgehead atoms. The summed E-state index contributed by atoms with van der Waals surface area (Å²) >= 11 is 0. The molecule has 2 aliphatic rings. The molecular weight excluding hydrogens is 164 g/mol. The van der Waals surface area contributed by atoms with Crippen molar-refractivity contribution in [3.63, 3.8) is 0 Å². The molecule has 1 aliphatic heterocycles. The van der Waals surface area contributed by atoms with Gasteiger partial charge in [0.15, 0.2) is 0 Å². The van der Waals surface area contributed by atoms with Crippen molar-refractivity contribution in [1.82, 2.24) is 0 Å². The molecule has 0 saturated carbocycles. The zero-order chi connectivity index (χ0) is 9.26. The van der Waals surface area contributed by atoms with Gasteiger partial charge in [0.25, 0.3) is 0 Å². The quantitative estimate of drug-likeness (QED) is 0.649. The van der Waals surface area contributed by atoms with E-state index in [1.54, 1.807) is 0 Å². The highest BCUT2D eigenvalue weighted by Crippen LogP contribution is 2.25. The largest absolute Gasteiger partial charge is 0.345 e. The zero-order valence-corrected chi connectivity index (χ0v) is 8.19. The zero-order valence-electron chi connectivity index (χ0n) is 8.19. The third kappa shape index (κ3) is 2.01. The fourth-order valence-corrected chi connectivity index (χ4v) is 1.79. The van der Waals surface area contributed by atoms with Gasteiger partial charge in [0.2, 0.25) is 0 Å². The number of allylic oxidation sites excluding steroid dienone is 2. The van der Waals surface area contributed by atoms with E-state index in [1.165, 1.54) is 5.57 Å². The smallest absolute Gasteiger partial charge is 0.148 e. The van der Waals surface area contributed by atoms with Gasteiger partial charge in [0.1, 0.15) is 19.0 Å². The summed E-state index contributed by atoms with van der Waals surface area (Å²) in [5.74, 6) is 0.703. The van der Waals surface area contributed by atoms with Crippen LogP contribution in [0.3, 0.4) is 0 Å². The first-order valence-corrected chi connectivity index (χ1v) is 4.88. The molecule has 0 amide bonds. The minimum Gasteiger partial charge on any atom is -0.345 e. The SMILES string of the molecule is CC(C)CC1=CC2OCOC2C=C1. The summed E-state index contributed by atoms with van der Waals surface area (Å²) in [4.78, 5) is 0. The first kappa shape index (κ1) is 8.97. The highest BCUT2D eigenvalue weighted by molar-refractivity contribution is 5.28. The molecule has 1 heterocycles. The highest BCUT2D eigenvalue weighted by Gasteiger charge is 2.27. The number of rotatable bonds is 2. The Labute approximate surface area is 79.2 Å². The molecule has 2 atom stereocenters. The van der Waals surface area contributed by atoms with E-state index in [9.17, 15) is 0 Å². The van der Waals surface area contributed by atoms with Gasteiger partial charge >= 0.3 is 0 Å². The van der Waals surface area contributed by atoms with E-state index in [-0.39, 0.29) is 12.2 Å². The van der Waals surface area contributed by atoms with Gasteiger partial charge in [-0.1, -0.05) is 26.0 Å². The van der Waals surface area contributed by atoms with Crippen LogP contribution >= 0.6 is 0 Å². The lowest BCUT2D eigenvalue weighted by Gasteiger charge is -2.17. The molecule has 1 fully saturated rings. The standard InChI is InChI=1S/C11H16O2/c1-8(2)5-9-3-4-10-11(6-9)13-7-12-10/h3-4,6,8,10-11H,5,7H2,1-2H3. The normalized spacial score (nSPS) is 32.1. The van der Waals surface area contributed by atoms with Crippen LogP contribution in [0.5, 0.6) is 0 Å². The monoisotopic (exact) mass is 180 g/mol. The van der Waals surface area contributed by atoms with Crippen LogP contribution in [0.1, 0.15) is 20.3 Å². The highest BCUT2D eigenvalue weighted by atomic mass is 16.7. The van der Waals surface area contributed by atoms with Crippen LogP contribution < -0.4 is 0 Å². The molecule has 2 rings (SSSR count). The maximum absolute atomic E-state index is 5.42. The summed E-state index contributed by atoms with van der Waals surface area (Å²) in [5.41, 5.74) is 1.38. The number of fused-ring (bicyclic) bond motifs is 1. The number of hydrogen-bond acceptors (Lipinski definition) is 2. The Morgan fingerprint density at radius 2 is 2.15 bits per heavy atom. The second kappa shape index (κ2) is 3.64. The van der Waals surface area contributed by atoms with Gasteiger partial charge in [-0.15, -0.1) is 0 Å². The lowest BCUT2D eigenvalue weighted by Crippen LogP contribution is -2.21. The van der Waals surface area contributed by atoms with Crippen molar-refractivity contribution >= 4 is 0 Å².